The fourth-order valence-electron chi connectivity index (χ4n) is 4.97. The number of carbonyl (C=O) groups excluding carboxylic acids is 1. The van der Waals surface area contributed by atoms with Crippen LogP contribution in [0.1, 0.15) is 18.5 Å². The van der Waals surface area contributed by atoms with E-state index in [-0.39, 0.29) is 11.8 Å². The SMILES string of the molecule is O=C(Nc1ccccc1)[C@H]1C[NH+]2CC[C@@H]1C[C@@H]2Cn1cc(COc2ccccc2)nn1. The van der Waals surface area contributed by atoms with Crippen LogP contribution in [0, 0.1) is 11.8 Å². The van der Waals surface area contributed by atoms with Gasteiger partial charge in [-0.1, -0.05) is 41.6 Å². The van der Waals surface area contributed by atoms with E-state index in [1.54, 1.807) is 0 Å². The number of fused-ring (bicyclic) bond motifs is 3. The van der Waals surface area contributed by atoms with Crippen LogP contribution in [0.25, 0.3) is 0 Å². The lowest BCUT2D eigenvalue weighted by Crippen LogP contribution is -3.20. The summed E-state index contributed by atoms with van der Waals surface area (Å²) in [7, 11) is 0. The number of hydrogen-bond acceptors (Lipinski definition) is 4. The molecule has 0 aliphatic carbocycles. The third-order valence-electron chi connectivity index (χ3n) is 6.55. The molecule has 3 aliphatic rings. The fraction of sp³-hybridized carbons (Fsp3) is 0.375. The molecule has 4 heterocycles. The molecule has 2 bridgehead atoms. The zero-order chi connectivity index (χ0) is 21.0. The van der Waals surface area contributed by atoms with Gasteiger partial charge in [-0.15, -0.1) is 5.10 Å². The number of rotatable bonds is 7. The van der Waals surface area contributed by atoms with Gasteiger partial charge in [0.25, 0.3) is 0 Å². The summed E-state index contributed by atoms with van der Waals surface area (Å²) in [5.41, 5.74) is 1.71. The number of ether oxygens (including phenoxy) is 1. The highest BCUT2D eigenvalue weighted by Crippen LogP contribution is 2.28. The van der Waals surface area contributed by atoms with Crippen molar-refractivity contribution in [3.63, 3.8) is 0 Å². The molecule has 7 heteroatoms. The monoisotopic (exact) mass is 418 g/mol. The van der Waals surface area contributed by atoms with Crippen molar-refractivity contribution in [3.8, 4) is 5.75 Å². The van der Waals surface area contributed by atoms with Crippen LogP contribution in [0.3, 0.4) is 0 Å². The first-order chi connectivity index (χ1) is 15.2. The van der Waals surface area contributed by atoms with Crippen LogP contribution in [0.2, 0.25) is 0 Å². The molecule has 1 amide bonds. The van der Waals surface area contributed by atoms with Crippen molar-refractivity contribution in [2.75, 3.05) is 18.4 Å². The highest BCUT2D eigenvalue weighted by molar-refractivity contribution is 5.92. The van der Waals surface area contributed by atoms with E-state index in [0.717, 1.165) is 49.6 Å². The van der Waals surface area contributed by atoms with E-state index in [4.69, 9.17) is 4.74 Å². The van der Waals surface area contributed by atoms with Crippen molar-refractivity contribution in [1.29, 1.82) is 0 Å². The zero-order valence-electron chi connectivity index (χ0n) is 17.5. The molecule has 160 valence electrons. The highest BCUT2D eigenvalue weighted by atomic mass is 16.5. The van der Waals surface area contributed by atoms with Gasteiger partial charge in [-0.3, -0.25) is 4.79 Å². The van der Waals surface area contributed by atoms with E-state index in [1.165, 1.54) is 4.90 Å². The van der Waals surface area contributed by atoms with Crippen molar-refractivity contribution in [1.82, 2.24) is 15.0 Å². The number of aromatic nitrogens is 3. The zero-order valence-corrected chi connectivity index (χ0v) is 17.5. The van der Waals surface area contributed by atoms with Crippen LogP contribution < -0.4 is 15.0 Å². The molecule has 3 fully saturated rings. The number of amides is 1. The van der Waals surface area contributed by atoms with Gasteiger partial charge < -0.3 is 15.0 Å². The maximum atomic E-state index is 12.8. The van der Waals surface area contributed by atoms with Crippen molar-refractivity contribution >= 4 is 11.6 Å². The van der Waals surface area contributed by atoms with Gasteiger partial charge in [0.1, 0.15) is 24.1 Å². The highest BCUT2D eigenvalue weighted by Gasteiger charge is 2.46. The van der Waals surface area contributed by atoms with E-state index in [0.29, 0.717) is 18.6 Å². The Kier molecular flexibility index (Phi) is 5.67. The van der Waals surface area contributed by atoms with E-state index in [2.05, 4.69) is 15.6 Å². The number of piperidine rings is 3. The Morgan fingerprint density at radius 1 is 1.13 bits per heavy atom. The molecule has 31 heavy (non-hydrogen) atoms. The van der Waals surface area contributed by atoms with Crippen LogP contribution in [0.4, 0.5) is 5.69 Å². The number of quaternary nitrogens is 1. The Hall–Kier alpha value is -3.19. The van der Waals surface area contributed by atoms with Gasteiger partial charge in [0.2, 0.25) is 5.91 Å². The molecular weight excluding hydrogens is 390 g/mol. The smallest absolute Gasteiger partial charge is 0.233 e. The predicted octanol–water partition coefficient (Wildman–Crippen LogP) is 1.79. The minimum Gasteiger partial charge on any atom is -0.487 e. The number of para-hydroxylation sites is 2. The van der Waals surface area contributed by atoms with Crippen LogP contribution in [0.5, 0.6) is 5.75 Å². The second kappa shape index (κ2) is 8.89. The van der Waals surface area contributed by atoms with E-state index >= 15 is 0 Å². The quantitative estimate of drug-likeness (QED) is 0.614. The number of hydrogen-bond donors (Lipinski definition) is 2. The number of carbonyl (C=O) groups is 1. The molecule has 6 rings (SSSR count). The van der Waals surface area contributed by atoms with Gasteiger partial charge in [0.05, 0.1) is 31.7 Å². The molecule has 2 aromatic carbocycles. The summed E-state index contributed by atoms with van der Waals surface area (Å²) in [5.74, 6) is 1.52. The van der Waals surface area contributed by atoms with Crippen molar-refractivity contribution in [2.24, 2.45) is 11.8 Å². The third-order valence-corrected chi connectivity index (χ3v) is 6.55. The van der Waals surface area contributed by atoms with Gasteiger partial charge >= 0.3 is 0 Å². The molecule has 1 aromatic heterocycles. The average molecular weight is 419 g/mol. The van der Waals surface area contributed by atoms with Crippen LogP contribution in [-0.2, 0) is 17.9 Å². The van der Waals surface area contributed by atoms with Gasteiger partial charge in [0, 0.05) is 18.5 Å². The number of nitrogens with zero attached hydrogens (tertiary/aromatic N) is 3. The van der Waals surface area contributed by atoms with Gasteiger partial charge in [-0.05, 0) is 30.2 Å². The third kappa shape index (κ3) is 4.61. The van der Waals surface area contributed by atoms with E-state index in [1.807, 2.05) is 71.5 Å². The van der Waals surface area contributed by atoms with Crippen LogP contribution in [-0.4, -0.2) is 40.0 Å². The molecule has 0 saturated carbocycles. The van der Waals surface area contributed by atoms with Crippen molar-refractivity contribution < 1.29 is 14.4 Å². The minimum atomic E-state index is 0.0887. The summed E-state index contributed by atoms with van der Waals surface area (Å²) >= 11 is 0. The standard InChI is InChI=1S/C24H27N5O2/c30-24(25-19-7-3-1-4-8-19)23-16-28-12-11-18(23)13-21(28)15-29-14-20(26-27-29)17-31-22-9-5-2-6-10-22/h1-10,14,18,21,23H,11-13,15-17H2,(H,25,30)/p+1/t18-,21-,23+/m1/s1. The molecule has 1 unspecified atom stereocenters. The molecule has 3 aromatic rings. The molecule has 2 N–H and O–H groups in total. The summed E-state index contributed by atoms with van der Waals surface area (Å²) < 4.78 is 7.70. The summed E-state index contributed by atoms with van der Waals surface area (Å²) in [6, 6.07) is 20.0. The van der Waals surface area contributed by atoms with Gasteiger partial charge in [-0.2, -0.15) is 0 Å². The Labute approximate surface area is 182 Å². The number of nitrogens with one attached hydrogen (secondary N) is 2. The molecule has 4 atom stereocenters. The molecular formula is C24H28N5O2+. The molecule has 0 radical (unpaired) electrons. The lowest BCUT2D eigenvalue weighted by atomic mass is 9.75. The van der Waals surface area contributed by atoms with Gasteiger partial charge in [0.15, 0.2) is 0 Å². The molecule has 3 saturated heterocycles. The number of benzene rings is 2. The molecule has 3 aliphatic heterocycles. The Bertz CT molecular complexity index is 1010. The lowest BCUT2D eigenvalue weighted by molar-refractivity contribution is -0.945. The second-order valence-electron chi connectivity index (χ2n) is 8.59. The first kappa shape index (κ1) is 19.8. The first-order valence-electron chi connectivity index (χ1n) is 11.0. The molecule has 7 nitrogen and oxygen atoms in total. The van der Waals surface area contributed by atoms with Gasteiger partial charge in [-0.25, -0.2) is 4.68 Å². The van der Waals surface area contributed by atoms with Crippen molar-refractivity contribution in [3.05, 3.63) is 72.6 Å². The number of anilines is 1. The van der Waals surface area contributed by atoms with Crippen LogP contribution in [0.15, 0.2) is 66.9 Å². The van der Waals surface area contributed by atoms with Crippen LogP contribution >= 0.6 is 0 Å². The Balaban J connectivity index is 1.15. The summed E-state index contributed by atoms with van der Waals surface area (Å²) in [4.78, 5) is 14.4. The second-order valence-corrected chi connectivity index (χ2v) is 8.59. The summed E-state index contributed by atoms with van der Waals surface area (Å²) in [6.45, 7) is 3.27. The lowest BCUT2D eigenvalue weighted by Gasteiger charge is -2.46. The normalized spacial score (nSPS) is 24.6. The predicted molar refractivity (Wildman–Crippen MR) is 117 cm³/mol. The summed E-state index contributed by atoms with van der Waals surface area (Å²) in [5, 5.41) is 11.7. The Morgan fingerprint density at radius 3 is 2.65 bits per heavy atom. The first-order valence-corrected chi connectivity index (χ1v) is 11.0. The van der Waals surface area contributed by atoms with E-state index in [9.17, 15) is 4.79 Å². The molecule has 0 spiro atoms. The topological polar surface area (TPSA) is 73.5 Å². The largest absolute Gasteiger partial charge is 0.487 e. The fourth-order valence-corrected chi connectivity index (χ4v) is 4.97. The summed E-state index contributed by atoms with van der Waals surface area (Å²) in [6.07, 6.45) is 4.15. The Morgan fingerprint density at radius 2 is 1.90 bits per heavy atom. The minimum absolute atomic E-state index is 0.0887. The van der Waals surface area contributed by atoms with E-state index < -0.39 is 0 Å². The maximum absolute atomic E-state index is 12.8. The maximum Gasteiger partial charge on any atom is 0.233 e. The average Bonchev–Trinajstić information content (AvgIpc) is 3.27. The van der Waals surface area contributed by atoms with Crippen molar-refractivity contribution in [2.45, 2.75) is 32.0 Å².